The Balaban J connectivity index is 2.25. The Hall–Kier alpha value is -1.69. The number of nitrogens with one attached hydrogen (secondary N) is 1. The third kappa shape index (κ3) is 5.65. The molecule has 3 N–H and O–H groups in total. The van der Waals surface area contributed by atoms with Gasteiger partial charge in [-0.25, -0.2) is 8.78 Å². The fourth-order valence-corrected chi connectivity index (χ4v) is 1.41. The van der Waals surface area contributed by atoms with Gasteiger partial charge in [-0.15, -0.1) is 0 Å². The molecule has 0 aliphatic heterocycles. The zero-order valence-electron chi connectivity index (χ0n) is 10.8. The van der Waals surface area contributed by atoms with Crippen molar-refractivity contribution in [3.8, 4) is 5.75 Å². The summed E-state index contributed by atoms with van der Waals surface area (Å²) in [5.74, 6) is -1.54. The van der Waals surface area contributed by atoms with E-state index < -0.39 is 11.6 Å². The van der Waals surface area contributed by atoms with Crippen LogP contribution in [-0.4, -0.2) is 25.1 Å². The predicted molar refractivity (Wildman–Crippen MR) is 67.7 cm³/mol. The highest BCUT2D eigenvalue weighted by molar-refractivity contribution is 5.76. The molecular formula is C13H18F2N2O2. The molecule has 0 spiro atoms. The first-order valence-electron chi connectivity index (χ1n) is 6.10. The third-order valence-corrected chi connectivity index (χ3v) is 2.46. The first-order chi connectivity index (χ1) is 9.02. The zero-order valence-corrected chi connectivity index (χ0v) is 10.8. The SMILES string of the molecule is C[C@@H](CN)NC(=O)CCCOc1ccc(F)cc1F. The fourth-order valence-electron chi connectivity index (χ4n) is 1.41. The molecule has 0 saturated carbocycles. The van der Waals surface area contributed by atoms with Crippen molar-refractivity contribution in [3.05, 3.63) is 29.8 Å². The molecule has 0 bridgehead atoms. The molecule has 6 heteroatoms. The summed E-state index contributed by atoms with van der Waals surface area (Å²) in [7, 11) is 0. The van der Waals surface area contributed by atoms with Gasteiger partial charge in [0.2, 0.25) is 5.91 Å². The second-order valence-corrected chi connectivity index (χ2v) is 4.23. The molecule has 1 atom stereocenters. The lowest BCUT2D eigenvalue weighted by molar-refractivity contribution is -0.121. The number of amides is 1. The van der Waals surface area contributed by atoms with E-state index in [-0.39, 0.29) is 30.7 Å². The largest absolute Gasteiger partial charge is 0.491 e. The van der Waals surface area contributed by atoms with Gasteiger partial charge in [0.15, 0.2) is 11.6 Å². The summed E-state index contributed by atoms with van der Waals surface area (Å²) < 4.78 is 31.0. The summed E-state index contributed by atoms with van der Waals surface area (Å²) in [6.45, 7) is 2.37. The van der Waals surface area contributed by atoms with Crippen LogP contribution < -0.4 is 15.8 Å². The van der Waals surface area contributed by atoms with Crippen LogP contribution in [0.15, 0.2) is 18.2 Å². The van der Waals surface area contributed by atoms with E-state index in [1.54, 1.807) is 0 Å². The van der Waals surface area contributed by atoms with E-state index in [1.807, 2.05) is 6.92 Å². The molecule has 0 heterocycles. The van der Waals surface area contributed by atoms with Gasteiger partial charge in [-0.1, -0.05) is 0 Å². The first kappa shape index (κ1) is 15.4. The van der Waals surface area contributed by atoms with Crippen LogP contribution in [0.3, 0.4) is 0 Å². The second-order valence-electron chi connectivity index (χ2n) is 4.23. The van der Waals surface area contributed by atoms with E-state index in [0.29, 0.717) is 13.0 Å². The van der Waals surface area contributed by atoms with E-state index in [4.69, 9.17) is 10.5 Å². The second kappa shape index (κ2) is 7.68. The number of hydrogen-bond donors (Lipinski definition) is 2. The number of benzene rings is 1. The van der Waals surface area contributed by atoms with E-state index >= 15 is 0 Å². The monoisotopic (exact) mass is 272 g/mol. The standard InChI is InChI=1S/C13H18F2N2O2/c1-9(8-16)17-13(18)3-2-6-19-12-5-4-10(14)7-11(12)15/h4-5,7,9H,2-3,6,8,16H2,1H3,(H,17,18)/t9-/m0/s1. The number of nitrogens with two attached hydrogens (primary N) is 1. The van der Waals surface area contributed by atoms with Crippen molar-refractivity contribution in [1.82, 2.24) is 5.32 Å². The van der Waals surface area contributed by atoms with Crippen molar-refractivity contribution in [1.29, 1.82) is 0 Å². The molecule has 1 amide bonds. The van der Waals surface area contributed by atoms with Crippen LogP contribution in [0.4, 0.5) is 8.78 Å². The number of rotatable bonds is 7. The maximum absolute atomic E-state index is 13.2. The van der Waals surface area contributed by atoms with Crippen LogP contribution in [0.2, 0.25) is 0 Å². The highest BCUT2D eigenvalue weighted by Crippen LogP contribution is 2.17. The molecule has 1 rings (SSSR count). The van der Waals surface area contributed by atoms with Crippen LogP contribution in [-0.2, 0) is 4.79 Å². The molecule has 0 aliphatic carbocycles. The van der Waals surface area contributed by atoms with E-state index in [2.05, 4.69) is 5.32 Å². The van der Waals surface area contributed by atoms with Gasteiger partial charge in [0.25, 0.3) is 0 Å². The summed E-state index contributed by atoms with van der Waals surface area (Å²) in [5, 5.41) is 2.70. The number of halogens is 2. The van der Waals surface area contributed by atoms with Gasteiger partial charge in [-0.05, 0) is 25.5 Å². The zero-order chi connectivity index (χ0) is 14.3. The lowest BCUT2D eigenvalue weighted by Crippen LogP contribution is -2.37. The molecule has 0 unspecified atom stereocenters. The van der Waals surface area contributed by atoms with Gasteiger partial charge in [0.1, 0.15) is 5.82 Å². The quantitative estimate of drug-likeness (QED) is 0.741. The van der Waals surface area contributed by atoms with Crippen LogP contribution in [0, 0.1) is 11.6 Å². The van der Waals surface area contributed by atoms with E-state index in [1.165, 1.54) is 6.07 Å². The molecule has 19 heavy (non-hydrogen) atoms. The number of ether oxygens (including phenoxy) is 1. The molecule has 0 radical (unpaired) electrons. The van der Waals surface area contributed by atoms with Crippen molar-refractivity contribution in [3.63, 3.8) is 0 Å². The highest BCUT2D eigenvalue weighted by atomic mass is 19.1. The van der Waals surface area contributed by atoms with Gasteiger partial charge in [0, 0.05) is 25.1 Å². The average molecular weight is 272 g/mol. The Bertz CT molecular complexity index is 427. The molecule has 106 valence electrons. The molecule has 4 nitrogen and oxygen atoms in total. The molecule has 0 fully saturated rings. The normalized spacial score (nSPS) is 12.0. The molecule has 0 saturated heterocycles. The Morgan fingerprint density at radius 3 is 2.84 bits per heavy atom. The van der Waals surface area contributed by atoms with Gasteiger partial charge in [0.05, 0.1) is 6.61 Å². The van der Waals surface area contributed by atoms with Crippen molar-refractivity contribution in [2.75, 3.05) is 13.2 Å². The van der Waals surface area contributed by atoms with Crippen molar-refractivity contribution < 1.29 is 18.3 Å². The van der Waals surface area contributed by atoms with Crippen molar-refractivity contribution >= 4 is 5.91 Å². The fraction of sp³-hybridized carbons (Fsp3) is 0.462. The van der Waals surface area contributed by atoms with Crippen LogP contribution >= 0.6 is 0 Å². The summed E-state index contributed by atoms with van der Waals surface area (Å²) >= 11 is 0. The first-order valence-corrected chi connectivity index (χ1v) is 6.10. The average Bonchev–Trinajstić information content (AvgIpc) is 2.36. The number of hydrogen-bond acceptors (Lipinski definition) is 3. The smallest absolute Gasteiger partial charge is 0.220 e. The molecule has 1 aromatic rings. The predicted octanol–water partition coefficient (Wildman–Crippen LogP) is 1.59. The number of carbonyl (C=O) groups excluding carboxylic acids is 1. The van der Waals surface area contributed by atoms with Gasteiger partial charge < -0.3 is 15.8 Å². The maximum atomic E-state index is 13.2. The van der Waals surface area contributed by atoms with E-state index in [0.717, 1.165) is 12.1 Å². The van der Waals surface area contributed by atoms with Crippen LogP contribution in [0.5, 0.6) is 5.75 Å². The van der Waals surface area contributed by atoms with Gasteiger partial charge in [-0.3, -0.25) is 4.79 Å². The minimum Gasteiger partial charge on any atom is -0.491 e. The third-order valence-electron chi connectivity index (χ3n) is 2.46. The van der Waals surface area contributed by atoms with Crippen LogP contribution in [0.25, 0.3) is 0 Å². The minimum absolute atomic E-state index is 0.0165. The van der Waals surface area contributed by atoms with Gasteiger partial charge >= 0.3 is 0 Å². The van der Waals surface area contributed by atoms with Crippen molar-refractivity contribution in [2.24, 2.45) is 5.73 Å². The summed E-state index contributed by atoms with van der Waals surface area (Å²) in [6.07, 6.45) is 0.715. The summed E-state index contributed by atoms with van der Waals surface area (Å²) in [5.41, 5.74) is 5.37. The molecule has 1 aromatic carbocycles. The Kier molecular flexibility index (Phi) is 6.21. The molecular weight excluding hydrogens is 254 g/mol. The lowest BCUT2D eigenvalue weighted by atomic mass is 10.2. The maximum Gasteiger partial charge on any atom is 0.220 e. The topological polar surface area (TPSA) is 64.3 Å². The Morgan fingerprint density at radius 1 is 1.47 bits per heavy atom. The summed E-state index contributed by atoms with van der Waals surface area (Å²) in [6, 6.07) is 3.03. The lowest BCUT2D eigenvalue weighted by Gasteiger charge is -2.11. The number of carbonyl (C=O) groups is 1. The molecule has 0 aromatic heterocycles. The van der Waals surface area contributed by atoms with E-state index in [9.17, 15) is 13.6 Å². The van der Waals surface area contributed by atoms with Crippen molar-refractivity contribution in [2.45, 2.75) is 25.8 Å². The minimum atomic E-state index is -0.749. The van der Waals surface area contributed by atoms with Crippen LogP contribution in [0.1, 0.15) is 19.8 Å². The molecule has 0 aliphatic rings. The summed E-state index contributed by atoms with van der Waals surface area (Å²) in [4.78, 5) is 11.4. The Morgan fingerprint density at radius 2 is 2.21 bits per heavy atom. The highest BCUT2D eigenvalue weighted by Gasteiger charge is 2.07. The van der Waals surface area contributed by atoms with Gasteiger partial charge in [-0.2, -0.15) is 0 Å². The Labute approximate surface area is 110 Å².